The van der Waals surface area contributed by atoms with Gasteiger partial charge >= 0.3 is 0 Å². The topological polar surface area (TPSA) is 45.9 Å². The number of nitrogens with zero attached hydrogens (tertiary/aromatic N) is 2. The molecular formula is C22H20N2O. The Hall–Kier alpha value is -2.86. The van der Waals surface area contributed by atoms with Crippen LogP contribution in [0, 0.1) is 17.2 Å². The lowest BCUT2D eigenvalue weighted by molar-refractivity contribution is 0.253. The Morgan fingerprint density at radius 3 is 2.60 bits per heavy atom. The summed E-state index contributed by atoms with van der Waals surface area (Å²) in [6, 6.07) is 20.1. The molecule has 0 aliphatic heterocycles. The van der Waals surface area contributed by atoms with Gasteiger partial charge in [-0.2, -0.15) is 5.26 Å². The van der Waals surface area contributed by atoms with Gasteiger partial charge in [0.2, 0.25) is 0 Å². The van der Waals surface area contributed by atoms with Gasteiger partial charge in [0.05, 0.1) is 12.1 Å². The van der Waals surface area contributed by atoms with Crippen molar-refractivity contribution in [3.63, 3.8) is 0 Å². The molecule has 0 amide bonds. The van der Waals surface area contributed by atoms with Crippen LogP contribution in [0.15, 0.2) is 54.6 Å². The Morgan fingerprint density at radius 1 is 1.00 bits per heavy atom. The van der Waals surface area contributed by atoms with Crippen LogP contribution in [0.5, 0.6) is 5.75 Å². The fourth-order valence-electron chi connectivity index (χ4n) is 3.61. The molecule has 0 atom stereocenters. The highest BCUT2D eigenvalue weighted by atomic mass is 16.5. The molecule has 0 saturated heterocycles. The number of aromatic nitrogens is 1. The molecule has 2 aromatic carbocycles. The minimum Gasteiger partial charge on any atom is -0.493 e. The lowest BCUT2D eigenvalue weighted by Gasteiger charge is -2.15. The maximum absolute atomic E-state index is 9.58. The van der Waals surface area contributed by atoms with Crippen molar-refractivity contribution in [2.45, 2.75) is 25.7 Å². The van der Waals surface area contributed by atoms with E-state index < -0.39 is 0 Å². The molecule has 1 aliphatic rings. The van der Waals surface area contributed by atoms with Crippen molar-refractivity contribution in [3.8, 4) is 22.9 Å². The van der Waals surface area contributed by atoms with Gasteiger partial charge in [-0.25, -0.2) is 4.98 Å². The summed E-state index contributed by atoms with van der Waals surface area (Å²) in [7, 11) is 0. The summed E-state index contributed by atoms with van der Waals surface area (Å²) >= 11 is 0. The molecule has 0 bridgehead atoms. The number of benzene rings is 2. The average Bonchev–Trinajstić information content (AvgIpc) is 3.19. The van der Waals surface area contributed by atoms with Gasteiger partial charge in [0.25, 0.3) is 0 Å². The normalized spacial score (nSPS) is 14.5. The zero-order chi connectivity index (χ0) is 17.1. The van der Waals surface area contributed by atoms with Crippen LogP contribution < -0.4 is 4.74 Å². The second-order valence-corrected chi connectivity index (χ2v) is 6.65. The standard InChI is InChI=1S/C22H20N2O/c23-14-21-19(13-17-9-3-5-11-20(17)24-21)18-10-4-6-12-22(18)25-15-16-7-1-2-8-16/h3-6,9-13,16H,1-2,7-8,15H2. The SMILES string of the molecule is N#Cc1nc2ccccc2cc1-c1ccccc1OCC1CCCC1. The van der Waals surface area contributed by atoms with Gasteiger partial charge in [0, 0.05) is 16.5 Å². The quantitative estimate of drug-likeness (QED) is 0.649. The molecule has 3 aromatic rings. The van der Waals surface area contributed by atoms with Crippen molar-refractivity contribution in [3.05, 3.63) is 60.3 Å². The minimum atomic E-state index is 0.440. The lowest BCUT2D eigenvalue weighted by Crippen LogP contribution is -2.08. The van der Waals surface area contributed by atoms with Gasteiger partial charge in [-0.15, -0.1) is 0 Å². The second kappa shape index (κ2) is 6.94. The van der Waals surface area contributed by atoms with E-state index in [1.165, 1.54) is 25.7 Å². The first-order chi connectivity index (χ1) is 12.3. The van der Waals surface area contributed by atoms with Crippen LogP contribution in [-0.2, 0) is 0 Å². The van der Waals surface area contributed by atoms with Gasteiger partial charge in [0.15, 0.2) is 0 Å². The summed E-state index contributed by atoms with van der Waals surface area (Å²) < 4.78 is 6.15. The number of fused-ring (bicyclic) bond motifs is 1. The number of hydrogen-bond acceptors (Lipinski definition) is 3. The molecule has 4 rings (SSSR count). The molecule has 0 radical (unpaired) electrons. The molecule has 3 heteroatoms. The molecule has 124 valence electrons. The van der Waals surface area contributed by atoms with Crippen molar-refractivity contribution in [2.24, 2.45) is 5.92 Å². The van der Waals surface area contributed by atoms with Gasteiger partial charge in [0.1, 0.15) is 17.5 Å². The fraction of sp³-hybridized carbons (Fsp3) is 0.273. The maximum Gasteiger partial charge on any atom is 0.149 e. The molecule has 1 saturated carbocycles. The summed E-state index contributed by atoms with van der Waals surface area (Å²) in [6.07, 6.45) is 5.12. The van der Waals surface area contributed by atoms with Crippen LogP contribution in [-0.4, -0.2) is 11.6 Å². The summed E-state index contributed by atoms with van der Waals surface area (Å²) in [5.74, 6) is 1.49. The van der Waals surface area contributed by atoms with Crippen molar-refractivity contribution in [2.75, 3.05) is 6.61 Å². The molecule has 3 nitrogen and oxygen atoms in total. The molecule has 0 spiro atoms. The predicted octanol–water partition coefficient (Wildman–Crippen LogP) is 5.34. The van der Waals surface area contributed by atoms with Crippen LogP contribution in [0.1, 0.15) is 31.4 Å². The third kappa shape index (κ3) is 3.21. The summed E-state index contributed by atoms with van der Waals surface area (Å²) in [4.78, 5) is 4.53. The smallest absolute Gasteiger partial charge is 0.149 e. The van der Waals surface area contributed by atoms with Crippen LogP contribution in [0.4, 0.5) is 0 Å². The van der Waals surface area contributed by atoms with E-state index in [2.05, 4.69) is 11.1 Å². The Balaban J connectivity index is 1.74. The summed E-state index contributed by atoms with van der Waals surface area (Å²) in [6.45, 7) is 0.750. The average molecular weight is 328 g/mol. The fourth-order valence-corrected chi connectivity index (χ4v) is 3.61. The maximum atomic E-state index is 9.58. The monoisotopic (exact) mass is 328 g/mol. The Bertz CT molecular complexity index is 936. The number of rotatable bonds is 4. The van der Waals surface area contributed by atoms with Gasteiger partial charge < -0.3 is 4.74 Å². The Kier molecular flexibility index (Phi) is 4.35. The highest BCUT2D eigenvalue weighted by Crippen LogP contribution is 2.34. The highest BCUT2D eigenvalue weighted by Gasteiger charge is 2.18. The van der Waals surface area contributed by atoms with E-state index in [1.54, 1.807) is 0 Å². The second-order valence-electron chi connectivity index (χ2n) is 6.65. The first-order valence-corrected chi connectivity index (χ1v) is 8.87. The lowest BCUT2D eigenvalue weighted by atomic mass is 10.0. The zero-order valence-electron chi connectivity index (χ0n) is 14.1. The van der Waals surface area contributed by atoms with Crippen molar-refractivity contribution in [1.29, 1.82) is 5.26 Å². The van der Waals surface area contributed by atoms with E-state index in [0.717, 1.165) is 34.4 Å². The third-order valence-electron chi connectivity index (χ3n) is 4.96. The first-order valence-electron chi connectivity index (χ1n) is 8.87. The summed E-state index contributed by atoms with van der Waals surface area (Å²) in [5.41, 5.74) is 3.06. The number of para-hydroxylation sites is 2. The van der Waals surface area contributed by atoms with E-state index in [-0.39, 0.29) is 0 Å². The van der Waals surface area contributed by atoms with E-state index >= 15 is 0 Å². The third-order valence-corrected chi connectivity index (χ3v) is 4.96. The molecule has 0 N–H and O–H groups in total. The molecular weight excluding hydrogens is 308 g/mol. The van der Waals surface area contributed by atoms with Gasteiger partial charge in [-0.3, -0.25) is 0 Å². The number of pyridine rings is 1. The highest BCUT2D eigenvalue weighted by molar-refractivity contribution is 5.87. The molecule has 0 unspecified atom stereocenters. The molecule has 1 heterocycles. The largest absolute Gasteiger partial charge is 0.493 e. The first kappa shape index (κ1) is 15.7. The number of nitriles is 1. The molecule has 1 aromatic heterocycles. The van der Waals surface area contributed by atoms with Crippen molar-refractivity contribution in [1.82, 2.24) is 4.98 Å². The van der Waals surface area contributed by atoms with Crippen molar-refractivity contribution < 1.29 is 4.74 Å². The van der Waals surface area contributed by atoms with Crippen LogP contribution in [0.25, 0.3) is 22.0 Å². The van der Waals surface area contributed by atoms with Crippen LogP contribution >= 0.6 is 0 Å². The Morgan fingerprint density at radius 2 is 1.76 bits per heavy atom. The molecule has 25 heavy (non-hydrogen) atoms. The predicted molar refractivity (Wildman–Crippen MR) is 99.3 cm³/mol. The van der Waals surface area contributed by atoms with E-state index in [4.69, 9.17) is 4.74 Å². The Labute approximate surface area is 147 Å². The van der Waals surface area contributed by atoms with Crippen LogP contribution in [0.2, 0.25) is 0 Å². The van der Waals surface area contributed by atoms with Crippen molar-refractivity contribution >= 4 is 10.9 Å². The van der Waals surface area contributed by atoms with Crippen LogP contribution in [0.3, 0.4) is 0 Å². The minimum absolute atomic E-state index is 0.440. The molecule has 1 aliphatic carbocycles. The number of hydrogen-bond donors (Lipinski definition) is 0. The summed E-state index contributed by atoms with van der Waals surface area (Å²) in [5, 5.41) is 10.6. The van der Waals surface area contributed by atoms with Gasteiger partial charge in [-0.05, 0) is 37.0 Å². The zero-order valence-corrected chi connectivity index (χ0v) is 14.1. The van der Waals surface area contributed by atoms with E-state index in [1.807, 2.05) is 54.6 Å². The number of ether oxygens (including phenoxy) is 1. The van der Waals surface area contributed by atoms with E-state index in [9.17, 15) is 5.26 Å². The van der Waals surface area contributed by atoms with E-state index in [0.29, 0.717) is 11.6 Å². The van der Waals surface area contributed by atoms with Gasteiger partial charge in [-0.1, -0.05) is 49.2 Å². The molecule has 1 fully saturated rings.